The van der Waals surface area contributed by atoms with Crippen molar-refractivity contribution in [2.75, 3.05) is 13.9 Å². The van der Waals surface area contributed by atoms with Gasteiger partial charge in [0.15, 0.2) is 17.2 Å². The fraction of sp³-hybridized carbons (Fsp3) is 0.462. The second-order valence-corrected chi connectivity index (χ2v) is 8.91. The molecular weight excluding hydrogens is 471 g/mol. The number of nitrogens with one attached hydrogen (secondary N) is 1. The smallest absolute Gasteiger partial charge is 0.328 e. The number of pyridine rings is 1. The van der Waals surface area contributed by atoms with Gasteiger partial charge in [-0.15, -0.1) is 0 Å². The summed E-state index contributed by atoms with van der Waals surface area (Å²) in [6, 6.07) is 5.13. The van der Waals surface area contributed by atoms with Crippen molar-refractivity contribution in [2.45, 2.75) is 58.6 Å². The van der Waals surface area contributed by atoms with Crippen molar-refractivity contribution in [1.82, 2.24) is 10.3 Å². The molecule has 0 aliphatic heterocycles. The molecule has 1 aliphatic carbocycles. The van der Waals surface area contributed by atoms with Crippen LogP contribution in [0, 0.1) is 11.7 Å². The fourth-order valence-corrected chi connectivity index (χ4v) is 3.92. The molecule has 0 radical (unpaired) electrons. The van der Waals surface area contributed by atoms with Crippen LogP contribution >= 0.6 is 0 Å². The molecule has 2 unspecified atom stereocenters. The number of hydrogen-bond acceptors (Lipinski definition) is 8. The van der Waals surface area contributed by atoms with Crippen molar-refractivity contribution in [3.63, 3.8) is 0 Å². The average Bonchev–Trinajstić information content (AvgIpc) is 2.85. The average molecular weight is 503 g/mol. The Labute approximate surface area is 209 Å². The van der Waals surface area contributed by atoms with Crippen molar-refractivity contribution in [3.8, 4) is 11.5 Å². The highest BCUT2D eigenvalue weighted by Crippen LogP contribution is 2.34. The van der Waals surface area contributed by atoms with Gasteiger partial charge in [0.2, 0.25) is 6.79 Å². The lowest BCUT2D eigenvalue weighted by Gasteiger charge is -2.31. The number of carbonyl (C=O) groups is 3. The Balaban J connectivity index is 1.65. The Morgan fingerprint density at radius 2 is 1.92 bits per heavy atom. The van der Waals surface area contributed by atoms with E-state index in [2.05, 4.69) is 10.3 Å². The minimum absolute atomic E-state index is 0.0284. The molecule has 9 nitrogen and oxygen atoms in total. The first-order valence-corrected chi connectivity index (χ1v) is 11.7. The third kappa shape index (κ3) is 6.30. The molecule has 0 saturated heterocycles. The number of aromatic nitrogens is 1. The molecule has 1 aromatic heterocycles. The molecule has 1 amide bonds. The summed E-state index contributed by atoms with van der Waals surface area (Å²) in [5.74, 6) is -2.35. The van der Waals surface area contributed by atoms with Crippen LogP contribution in [0.2, 0.25) is 0 Å². The maximum atomic E-state index is 13.5. The summed E-state index contributed by atoms with van der Waals surface area (Å²) in [7, 11) is 1.39. The first-order chi connectivity index (χ1) is 17.1. The number of methoxy groups -OCH3 is 1. The number of halogens is 1. The van der Waals surface area contributed by atoms with Crippen LogP contribution < -0.4 is 14.8 Å². The van der Waals surface area contributed by atoms with Gasteiger partial charge in [-0.05, 0) is 43.0 Å². The lowest BCUT2D eigenvalue weighted by Crippen LogP contribution is -2.42. The van der Waals surface area contributed by atoms with Gasteiger partial charge < -0.3 is 24.3 Å². The maximum Gasteiger partial charge on any atom is 0.328 e. The van der Waals surface area contributed by atoms with Crippen molar-refractivity contribution in [2.24, 2.45) is 5.92 Å². The van der Waals surface area contributed by atoms with Crippen molar-refractivity contribution >= 4 is 17.8 Å². The van der Waals surface area contributed by atoms with Gasteiger partial charge in [-0.3, -0.25) is 9.59 Å². The molecule has 0 saturated carbocycles. The summed E-state index contributed by atoms with van der Waals surface area (Å²) in [6.45, 7) is 6.34. The van der Waals surface area contributed by atoms with Crippen LogP contribution in [-0.2, 0) is 25.5 Å². The first kappa shape index (κ1) is 26.9. The molecule has 2 aromatic rings. The van der Waals surface area contributed by atoms with Crippen LogP contribution in [0.4, 0.5) is 4.39 Å². The lowest BCUT2D eigenvalue weighted by atomic mass is 9.82. The topological polar surface area (TPSA) is 113 Å². The van der Waals surface area contributed by atoms with E-state index in [1.807, 2.05) is 6.92 Å². The SMILES string of the molecule is COc1ccnc(C(=O)N[C@@H](C)C(=O)OC2CCc3cc(F)ccc3C2C)c1OCOC(=O)C(C)C. The number of amides is 1. The van der Waals surface area contributed by atoms with E-state index in [9.17, 15) is 18.8 Å². The minimum atomic E-state index is -0.987. The molecule has 3 rings (SSSR count). The van der Waals surface area contributed by atoms with Gasteiger partial charge in [0.25, 0.3) is 5.91 Å². The third-order valence-electron chi connectivity index (χ3n) is 6.00. The Hall–Kier alpha value is -3.69. The zero-order chi connectivity index (χ0) is 26.4. The minimum Gasteiger partial charge on any atom is -0.493 e. The highest BCUT2D eigenvalue weighted by Gasteiger charge is 2.31. The normalized spacial score (nSPS) is 17.5. The molecule has 1 aromatic carbocycles. The van der Waals surface area contributed by atoms with E-state index in [1.54, 1.807) is 19.9 Å². The Morgan fingerprint density at radius 1 is 1.17 bits per heavy atom. The van der Waals surface area contributed by atoms with Gasteiger partial charge in [-0.1, -0.05) is 26.8 Å². The molecule has 1 N–H and O–H groups in total. The van der Waals surface area contributed by atoms with Crippen molar-refractivity contribution < 1.29 is 37.7 Å². The standard InChI is InChI=1S/C26H31FN2O7/c1-14(2)25(31)35-13-34-23-21(33-5)10-11-28-22(23)24(30)29-16(4)26(32)36-20-9-6-17-12-18(27)7-8-19(17)15(20)3/h7-8,10-12,14-16,20H,6,9,13H2,1-5H3,(H,29,30)/t15?,16-,20?/m0/s1. The third-order valence-corrected chi connectivity index (χ3v) is 6.00. The Morgan fingerprint density at radius 3 is 2.61 bits per heavy atom. The quantitative estimate of drug-likeness (QED) is 0.409. The van der Waals surface area contributed by atoms with E-state index < -0.39 is 36.8 Å². The summed E-state index contributed by atoms with van der Waals surface area (Å²) < 4.78 is 35.0. The number of aryl methyl sites for hydroxylation is 1. The number of hydrogen-bond donors (Lipinski definition) is 1. The van der Waals surface area contributed by atoms with Crippen LogP contribution in [0.5, 0.6) is 11.5 Å². The number of carbonyl (C=O) groups excluding carboxylic acids is 3. The Kier molecular flexibility index (Phi) is 8.84. The molecule has 10 heteroatoms. The van der Waals surface area contributed by atoms with Gasteiger partial charge in [0.05, 0.1) is 13.0 Å². The second kappa shape index (κ2) is 11.8. The van der Waals surface area contributed by atoms with Crippen LogP contribution in [0.25, 0.3) is 0 Å². The molecule has 0 fully saturated rings. The van der Waals surface area contributed by atoms with Gasteiger partial charge in [0, 0.05) is 18.2 Å². The molecule has 3 atom stereocenters. The van der Waals surface area contributed by atoms with Crippen LogP contribution in [0.3, 0.4) is 0 Å². The summed E-state index contributed by atoms with van der Waals surface area (Å²) in [6.07, 6.45) is 2.09. The molecule has 194 valence electrons. The van der Waals surface area contributed by atoms with Crippen LogP contribution in [0.15, 0.2) is 30.5 Å². The number of esters is 2. The van der Waals surface area contributed by atoms with E-state index in [-0.39, 0.29) is 34.8 Å². The van der Waals surface area contributed by atoms with Gasteiger partial charge in [-0.25, -0.2) is 14.2 Å². The van der Waals surface area contributed by atoms with Crippen LogP contribution in [0.1, 0.15) is 61.6 Å². The molecule has 0 spiro atoms. The van der Waals surface area contributed by atoms with E-state index >= 15 is 0 Å². The zero-order valence-corrected chi connectivity index (χ0v) is 21.0. The monoisotopic (exact) mass is 502 g/mol. The predicted molar refractivity (Wildman–Crippen MR) is 127 cm³/mol. The molecule has 1 heterocycles. The number of benzene rings is 1. The van der Waals surface area contributed by atoms with E-state index in [4.69, 9.17) is 18.9 Å². The summed E-state index contributed by atoms with van der Waals surface area (Å²) in [4.78, 5) is 41.5. The van der Waals surface area contributed by atoms with Crippen molar-refractivity contribution in [1.29, 1.82) is 0 Å². The molecular formula is C26H31FN2O7. The fourth-order valence-electron chi connectivity index (χ4n) is 3.92. The first-order valence-electron chi connectivity index (χ1n) is 11.7. The largest absolute Gasteiger partial charge is 0.493 e. The van der Waals surface area contributed by atoms with Gasteiger partial charge >= 0.3 is 11.9 Å². The number of ether oxygens (including phenoxy) is 4. The van der Waals surface area contributed by atoms with E-state index in [1.165, 1.54) is 38.4 Å². The predicted octanol–water partition coefficient (Wildman–Crippen LogP) is 3.54. The summed E-state index contributed by atoms with van der Waals surface area (Å²) in [5.41, 5.74) is 1.71. The van der Waals surface area contributed by atoms with Gasteiger partial charge in [-0.2, -0.15) is 0 Å². The molecule has 36 heavy (non-hydrogen) atoms. The number of fused-ring (bicyclic) bond motifs is 1. The highest BCUT2D eigenvalue weighted by atomic mass is 19.1. The van der Waals surface area contributed by atoms with Crippen molar-refractivity contribution in [3.05, 3.63) is 53.1 Å². The number of nitrogens with zero attached hydrogens (tertiary/aromatic N) is 1. The molecule has 0 bridgehead atoms. The summed E-state index contributed by atoms with van der Waals surface area (Å²) in [5, 5.41) is 2.57. The lowest BCUT2D eigenvalue weighted by molar-refractivity contribution is -0.154. The molecule has 1 aliphatic rings. The van der Waals surface area contributed by atoms with E-state index in [0.717, 1.165) is 11.1 Å². The maximum absolute atomic E-state index is 13.5. The van der Waals surface area contributed by atoms with Gasteiger partial charge in [0.1, 0.15) is 18.0 Å². The van der Waals surface area contributed by atoms with E-state index in [0.29, 0.717) is 12.8 Å². The zero-order valence-electron chi connectivity index (χ0n) is 21.0. The Bertz CT molecular complexity index is 1120. The van der Waals surface area contributed by atoms with Crippen LogP contribution in [-0.4, -0.2) is 48.9 Å². The second-order valence-electron chi connectivity index (χ2n) is 8.91. The highest BCUT2D eigenvalue weighted by molar-refractivity contribution is 5.98. The number of rotatable bonds is 9. The summed E-state index contributed by atoms with van der Waals surface area (Å²) >= 11 is 0.